The molecule has 0 bridgehead atoms. The molecule has 9 heteroatoms. The molecule has 1 fully saturated rings. The minimum absolute atomic E-state index is 0. The number of hydrogen-bond donors (Lipinski definition) is 0. The lowest BCUT2D eigenvalue weighted by molar-refractivity contribution is 0.160. The van der Waals surface area contributed by atoms with E-state index in [4.69, 9.17) is 0 Å². The maximum Gasteiger partial charge on any atom is 0.243 e. The first-order chi connectivity index (χ1) is 12.2. The molecule has 1 atom stereocenters. The zero-order valence-electron chi connectivity index (χ0n) is 15.1. The molecule has 1 aliphatic heterocycles. The molecule has 0 radical (unpaired) electrons. The Kier molecular flexibility index (Phi) is 6.70. The van der Waals surface area contributed by atoms with Crippen molar-refractivity contribution in [2.75, 3.05) is 32.9 Å². The third-order valence-electron chi connectivity index (χ3n) is 4.56. The molecule has 0 N–H and O–H groups in total. The summed E-state index contributed by atoms with van der Waals surface area (Å²) in [5.74, 6) is 0. The summed E-state index contributed by atoms with van der Waals surface area (Å²) >= 11 is 0. The minimum atomic E-state index is -3.82. The highest BCUT2D eigenvalue weighted by Crippen LogP contribution is 2.31. The molecule has 1 aliphatic rings. The van der Waals surface area contributed by atoms with Gasteiger partial charge in [0.2, 0.25) is 10.0 Å². The van der Waals surface area contributed by atoms with E-state index in [0.717, 1.165) is 11.8 Å². The molecule has 1 saturated heterocycles. The highest BCUT2D eigenvalue weighted by molar-refractivity contribution is 7.91. The van der Waals surface area contributed by atoms with E-state index in [2.05, 4.69) is 4.90 Å². The van der Waals surface area contributed by atoms with Crippen LogP contribution >= 0.6 is 12.4 Å². The van der Waals surface area contributed by atoms with Crippen LogP contribution in [0.1, 0.15) is 11.6 Å². The van der Waals surface area contributed by atoms with Crippen molar-refractivity contribution in [3.63, 3.8) is 0 Å². The number of sulfonamides is 1. The van der Waals surface area contributed by atoms with Gasteiger partial charge in [-0.15, -0.1) is 12.4 Å². The normalized spacial score (nSPS) is 19.4. The zero-order valence-corrected chi connectivity index (χ0v) is 17.6. The van der Waals surface area contributed by atoms with E-state index in [1.807, 2.05) is 37.4 Å². The van der Waals surface area contributed by atoms with Crippen LogP contribution in [0.5, 0.6) is 0 Å². The Hall–Kier alpha value is -1.45. The highest BCUT2D eigenvalue weighted by Gasteiger charge is 2.36. The fraction of sp³-hybridized carbons (Fsp3) is 0.333. The number of nitrogens with zero attached hydrogens (tertiary/aromatic N) is 2. The van der Waals surface area contributed by atoms with Crippen LogP contribution < -0.4 is 0 Å². The SMILES string of the molecule is CN1CCN(S(=O)(=O)c2cccc(S(C)(=O)=O)c2)C(c2ccccc2)C1.Cl. The summed E-state index contributed by atoms with van der Waals surface area (Å²) in [6.45, 7) is 1.55. The summed E-state index contributed by atoms with van der Waals surface area (Å²) in [5.41, 5.74) is 0.918. The van der Waals surface area contributed by atoms with Crippen LogP contribution in [0.4, 0.5) is 0 Å². The average molecular weight is 431 g/mol. The van der Waals surface area contributed by atoms with Gasteiger partial charge in [-0.2, -0.15) is 4.31 Å². The maximum atomic E-state index is 13.3. The number of halogens is 1. The lowest BCUT2D eigenvalue weighted by Gasteiger charge is -2.39. The standard InChI is InChI=1S/C18H22N2O4S2.ClH/c1-19-11-12-20(18(14-19)15-7-4-3-5-8-15)26(23,24)17-10-6-9-16(13-17)25(2,21)22;/h3-10,13,18H,11-12,14H2,1-2H3;1H. The predicted octanol–water partition coefficient (Wildman–Crippen LogP) is 2.19. The average Bonchev–Trinajstić information content (AvgIpc) is 2.61. The Morgan fingerprint density at radius 3 is 2.15 bits per heavy atom. The van der Waals surface area contributed by atoms with Crippen LogP contribution in [0, 0.1) is 0 Å². The summed E-state index contributed by atoms with van der Waals surface area (Å²) in [5, 5.41) is 0. The van der Waals surface area contributed by atoms with Gasteiger partial charge in [0.05, 0.1) is 15.8 Å². The molecule has 0 saturated carbocycles. The largest absolute Gasteiger partial charge is 0.303 e. The van der Waals surface area contributed by atoms with E-state index in [1.165, 1.54) is 28.6 Å². The minimum Gasteiger partial charge on any atom is -0.303 e. The van der Waals surface area contributed by atoms with Gasteiger partial charge in [0.1, 0.15) is 0 Å². The van der Waals surface area contributed by atoms with Gasteiger partial charge in [-0.1, -0.05) is 36.4 Å². The first kappa shape index (κ1) is 21.8. The molecule has 6 nitrogen and oxygen atoms in total. The number of piperazine rings is 1. The molecular formula is C18H23ClN2O4S2. The van der Waals surface area contributed by atoms with Gasteiger partial charge < -0.3 is 4.90 Å². The zero-order chi connectivity index (χ0) is 18.9. The molecule has 2 aromatic carbocycles. The van der Waals surface area contributed by atoms with E-state index in [1.54, 1.807) is 0 Å². The lowest BCUT2D eigenvalue weighted by atomic mass is 10.1. The molecule has 148 valence electrons. The van der Waals surface area contributed by atoms with Crippen molar-refractivity contribution >= 4 is 32.3 Å². The summed E-state index contributed by atoms with van der Waals surface area (Å²) in [6.07, 6.45) is 1.07. The highest BCUT2D eigenvalue weighted by atomic mass is 35.5. The van der Waals surface area contributed by atoms with Crippen molar-refractivity contribution in [3.8, 4) is 0 Å². The van der Waals surface area contributed by atoms with Gasteiger partial charge in [0, 0.05) is 25.9 Å². The van der Waals surface area contributed by atoms with Gasteiger partial charge in [-0.3, -0.25) is 0 Å². The first-order valence-corrected chi connectivity index (χ1v) is 11.6. The van der Waals surface area contributed by atoms with E-state index >= 15 is 0 Å². The number of rotatable bonds is 4. The molecular weight excluding hydrogens is 408 g/mol. The number of likely N-dealkylation sites (N-methyl/N-ethyl adjacent to an activating group) is 1. The van der Waals surface area contributed by atoms with Crippen molar-refractivity contribution < 1.29 is 16.8 Å². The fourth-order valence-electron chi connectivity index (χ4n) is 3.14. The molecule has 0 aliphatic carbocycles. The Bertz CT molecular complexity index is 995. The van der Waals surface area contributed by atoms with Crippen molar-refractivity contribution in [3.05, 3.63) is 60.2 Å². The Morgan fingerprint density at radius 1 is 0.889 bits per heavy atom. The monoisotopic (exact) mass is 430 g/mol. The van der Waals surface area contributed by atoms with Gasteiger partial charge in [0.25, 0.3) is 0 Å². The smallest absolute Gasteiger partial charge is 0.243 e. The van der Waals surface area contributed by atoms with Crippen molar-refractivity contribution in [2.24, 2.45) is 0 Å². The van der Waals surface area contributed by atoms with E-state index in [0.29, 0.717) is 19.6 Å². The van der Waals surface area contributed by atoms with Crippen LogP contribution in [-0.2, 0) is 19.9 Å². The molecule has 1 heterocycles. The second kappa shape index (κ2) is 8.28. The molecule has 2 aromatic rings. The van der Waals surface area contributed by atoms with E-state index in [9.17, 15) is 16.8 Å². The number of hydrogen-bond acceptors (Lipinski definition) is 5. The van der Waals surface area contributed by atoms with E-state index in [-0.39, 0.29) is 28.2 Å². The van der Waals surface area contributed by atoms with Crippen LogP contribution in [0.2, 0.25) is 0 Å². The summed E-state index contributed by atoms with van der Waals surface area (Å²) < 4.78 is 51.6. The second-order valence-electron chi connectivity index (χ2n) is 6.55. The molecule has 1 unspecified atom stereocenters. The molecule has 0 amide bonds. The molecule has 27 heavy (non-hydrogen) atoms. The fourth-order valence-corrected chi connectivity index (χ4v) is 5.52. The molecule has 0 aromatic heterocycles. The van der Waals surface area contributed by atoms with Crippen LogP contribution in [0.15, 0.2) is 64.4 Å². The maximum absolute atomic E-state index is 13.3. The molecule has 0 spiro atoms. The summed E-state index contributed by atoms with van der Waals surface area (Å²) in [6, 6.07) is 14.8. The Morgan fingerprint density at radius 2 is 1.52 bits per heavy atom. The third kappa shape index (κ3) is 4.70. The molecule has 3 rings (SSSR count). The van der Waals surface area contributed by atoms with Crippen LogP contribution in [0.3, 0.4) is 0 Å². The predicted molar refractivity (Wildman–Crippen MR) is 107 cm³/mol. The lowest BCUT2D eigenvalue weighted by Crippen LogP contribution is -2.49. The number of benzene rings is 2. The quantitative estimate of drug-likeness (QED) is 0.743. The van der Waals surface area contributed by atoms with Crippen LogP contribution in [-0.4, -0.2) is 59.0 Å². The van der Waals surface area contributed by atoms with Crippen molar-refractivity contribution in [1.82, 2.24) is 9.21 Å². The topological polar surface area (TPSA) is 74.8 Å². The van der Waals surface area contributed by atoms with E-state index < -0.39 is 19.9 Å². The second-order valence-corrected chi connectivity index (χ2v) is 10.5. The van der Waals surface area contributed by atoms with Gasteiger partial charge in [-0.05, 0) is 30.8 Å². The Balaban J connectivity index is 0.00000261. The summed E-state index contributed by atoms with van der Waals surface area (Å²) in [7, 11) is -5.34. The van der Waals surface area contributed by atoms with Crippen LogP contribution in [0.25, 0.3) is 0 Å². The van der Waals surface area contributed by atoms with Gasteiger partial charge in [-0.25, -0.2) is 16.8 Å². The van der Waals surface area contributed by atoms with Gasteiger partial charge in [0.15, 0.2) is 9.84 Å². The Labute approximate surface area is 167 Å². The van der Waals surface area contributed by atoms with Crippen molar-refractivity contribution in [2.45, 2.75) is 15.8 Å². The van der Waals surface area contributed by atoms with Crippen molar-refractivity contribution in [1.29, 1.82) is 0 Å². The van der Waals surface area contributed by atoms with Gasteiger partial charge >= 0.3 is 0 Å². The number of sulfone groups is 1. The third-order valence-corrected chi connectivity index (χ3v) is 7.57. The summed E-state index contributed by atoms with van der Waals surface area (Å²) in [4.78, 5) is 2.10. The first-order valence-electron chi connectivity index (χ1n) is 8.25.